The minimum Gasteiger partial charge on any atom is -0.495 e. The largest absolute Gasteiger partial charge is 0.495 e. The van der Waals surface area contributed by atoms with E-state index >= 15 is 0 Å². The molecule has 1 aliphatic rings. The average Bonchev–Trinajstić information content (AvgIpc) is 2.59. The standard InChI is InChI=1S/C18H28N2O4S/c1-5-15-8-6-7-11-20(15)18(21)14-9-10-16(24-4)17(12-14)25(22,23)19-13(2)3/h9-10,12-13,15,19H,5-8,11H2,1-4H3. The summed E-state index contributed by atoms with van der Waals surface area (Å²) in [4.78, 5) is 14.8. The minimum absolute atomic E-state index is 0.000363. The maximum atomic E-state index is 12.9. The molecule has 1 saturated heterocycles. The molecule has 0 aliphatic carbocycles. The summed E-state index contributed by atoms with van der Waals surface area (Å²) in [5.74, 6) is 0.116. The number of benzene rings is 1. The summed E-state index contributed by atoms with van der Waals surface area (Å²) in [5.41, 5.74) is 0.380. The minimum atomic E-state index is -3.75. The first kappa shape index (κ1) is 19.7. The zero-order valence-corrected chi connectivity index (χ0v) is 16.2. The highest BCUT2D eigenvalue weighted by Crippen LogP contribution is 2.27. The second-order valence-corrected chi connectivity index (χ2v) is 8.38. The van der Waals surface area contributed by atoms with Crippen LogP contribution in [-0.2, 0) is 10.0 Å². The lowest BCUT2D eigenvalue weighted by Crippen LogP contribution is -2.43. The van der Waals surface area contributed by atoms with Crippen LogP contribution in [0, 0.1) is 0 Å². The molecule has 1 amide bonds. The molecule has 1 heterocycles. The summed E-state index contributed by atoms with van der Waals surface area (Å²) in [7, 11) is -2.33. The zero-order chi connectivity index (χ0) is 18.6. The number of hydrogen-bond acceptors (Lipinski definition) is 4. The Hall–Kier alpha value is -1.60. The van der Waals surface area contributed by atoms with Gasteiger partial charge in [-0.15, -0.1) is 0 Å². The number of nitrogens with one attached hydrogen (secondary N) is 1. The lowest BCUT2D eigenvalue weighted by molar-refractivity contribution is 0.0607. The van der Waals surface area contributed by atoms with Gasteiger partial charge in [0.1, 0.15) is 10.6 Å². The maximum absolute atomic E-state index is 12.9. The van der Waals surface area contributed by atoms with Crippen LogP contribution >= 0.6 is 0 Å². The summed E-state index contributed by atoms with van der Waals surface area (Å²) >= 11 is 0. The van der Waals surface area contributed by atoms with E-state index in [-0.39, 0.29) is 28.6 Å². The molecule has 0 radical (unpaired) electrons. The normalized spacial score (nSPS) is 18.4. The molecule has 1 aliphatic heterocycles. The van der Waals surface area contributed by atoms with Crippen LogP contribution in [0.25, 0.3) is 0 Å². The molecule has 0 bridgehead atoms. The van der Waals surface area contributed by atoms with Crippen LogP contribution in [-0.4, -0.2) is 45.0 Å². The number of carbonyl (C=O) groups is 1. The van der Waals surface area contributed by atoms with Crippen LogP contribution in [0.15, 0.2) is 23.1 Å². The second kappa shape index (κ2) is 8.19. The Balaban J connectivity index is 2.39. The number of ether oxygens (including phenoxy) is 1. The van der Waals surface area contributed by atoms with Gasteiger partial charge < -0.3 is 9.64 Å². The highest BCUT2D eigenvalue weighted by atomic mass is 32.2. The Labute approximate surface area is 150 Å². The number of amides is 1. The van der Waals surface area contributed by atoms with Crippen LogP contribution in [0.4, 0.5) is 0 Å². The molecule has 1 aromatic carbocycles. The van der Waals surface area contributed by atoms with Crippen molar-refractivity contribution in [3.63, 3.8) is 0 Å². The third-order valence-corrected chi connectivity index (χ3v) is 6.13. The van der Waals surface area contributed by atoms with Gasteiger partial charge in [-0.25, -0.2) is 13.1 Å². The molecular formula is C18H28N2O4S. The van der Waals surface area contributed by atoms with Crippen molar-refractivity contribution in [3.8, 4) is 5.75 Å². The third-order valence-electron chi connectivity index (χ3n) is 4.45. The van der Waals surface area contributed by atoms with Crippen LogP contribution < -0.4 is 9.46 Å². The van der Waals surface area contributed by atoms with Crippen LogP contribution in [0.3, 0.4) is 0 Å². The molecule has 0 saturated carbocycles. The highest BCUT2D eigenvalue weighted by molar-refractivity contribution is 7.89. The Bertz CT molecular complexity index is 716. The summed E-state index contributed by atoms with van der Waals surface area (Å²) < 4.78 is 32.9. The van der Waals surface area contributed by atoms with Crippen LogP contribution in [0.5, 0.6) is 5.75 Å². The van der Waals surface area contributed by atoms with Gasteiger partial charge in [0.15, 0.2) is 0 Å². The van der Waals surface area contributed by atoms with Gasteiger partial charge in [0.05, 0.1) is 7.11 Å². The average molecular weight is 368 g/mol. The van der Waals surface area contributed by atoms with Gasteiger partial charge in [-0.05, 0) is 57.7 Å². The Kier molecular flexibility index (Phi) is 6.46. The van der Waals surface area contributed by atoms with Gasteiger partial charge in [-0.1, -0.05) is 6.92 Å². The number of hydrogen-bond donors (Lipinski definition) is 1. The molecule has 1 atom stereocenters. The number of likely N-dealkylation sites (tertiary alicyclic amines) is 1. The van der Waals surface area contributed by atoms with E-state index in [0.29, 0.717) is 5.56 Å². The van der Waals surface area contributed by atoms with Gasteiger partial charge in [-0.3, -0.25) is 4.79 Å². The monoisotopic (exact) mass is 368 g/mol. The first-order valence-electron chi connectivity index (χ1n) is 8.81. The van der Waals surface area contributed by atoms with Crippen LogP contribution in [0.2, 0.25) is 0 Å². The summed E-state index contributed by atoms with van der Waals surface area (Å²) in [5, 5.41) is 0. The van der Waals surface area contributed by atoms with E-state index in [0.717, 1.165) is 32.2 Å². The smallest absolute Gasteiger partial charge is 0.254 e. The lowest BCUT2D eigenvalue weighted by atomic mass is 9.99. The van der Waals surface area contributed by atoms with Crippen molar-refractivity contribution in [2.24, 2.45) is 0 Å². The van der Waals surface area contributed by atoms with E-state index in [4.69, 9.17) is 4.74 Å². The Morgan fingerprint density at radius 1 is 1.36 bits per heavy atom. The first-order chi connectivity index (χ1) is 11.8. The lowest BCUT2D eigenvalue weighted by Gasteiger charge is -2.35. The van der Waals surface area contributed by atoms with E-state index in [1.54, 1.807) is 26.0 Å². The summed E-state index contributed by atoms with van der Waals surface area (Å²) in [6.45, 7) is 6.29. The van der Waals surface area contributed by atoms with Gasteiger partial charge in [0.2, 0.25) is 10.0 Å². The summed E-state index contributed by atoms with van der Waals surface area (Å²) in [6.07, 6.45) is 4.02. The second-order valence-electron chi connectivity index (χ2n) is 6.70. The van der Waals surface area contributed by atoms with Crippen molar-refractivity contribution in [3.05, 3.63) is 23.8 Å². The molecule has 1 fully saturated rings. The van der Waals surface area contributed by atoms with Gasteiger partial charge in [0.25, 0.3) is 5.91 Å². The predicted octanol–water partition coefficient (Wildman–Crippen LogP) is 2.79. The van der Waals surface area contributed by atoms with Gasteiger partial charge in [-0.2, -0.15) is 0 Å². The van der Waals surface area contributed by atoms with E-state index in [9.17, 15) is 13.2 Å². The number of rotatable bonds is 6. The fourth-order valence-corrected chi connectivity index (χ4v) is 4.70. The molecule has 1 unspecified atom stereocenters. The number of sulfonamides is 1. The molecular weight excluding hydrogens is 340 g/mol. The molecule has 25 heavy (non-hydrogen) atoms. The summed E-state index contributed by atoms with van der Waals surface area (Å²) in [6, 6.07) is 4.58. The van der Waals surface area contributed by atoms with E-state index in [2.05, 4.69) is 11.6 Å². The van der Waals surface area contributed by atoms with Crippen LogP contribution in [0.1, 0.15) is 56.8 Å². The van der Waals surface area contributed by atoms with Gasteiger partial charge >= 0.3 is 0 Å². The topological polar surface area (TPSA) is 75.7 Å². The molecule has 1 aromatic rings. The molecule has 2 rings (SSSR count). The fourth-order valence-electron chi connectivity index (χ4n) is 3.25. The first-order valence-corrected chi connectivity index (χ1v) is 10.3. The van der Waals surface area contributed by atoms with Crippen molar-refractivity contribution in [2.75, 3.05) is 13.7 Å². The van der Waals surface area contributed by atoms with Crippen molar-refractivity contribution < 1.29 is 17.9 Å². The quantitative estimate of drug-likeness (QED) is 0.838. The zero-order valence-electron chi connectivity index (χ0n) is 15.4. The predicted molar refractivity (Wildman–Crippen MR) is 97.4 cm³/mol. The number of carbonyl (C=O) groups excluding carboxylic acids is 1. The Morgan fingerprint density at radius 3 is 2.68 bits per heavy atom. The molecule has 1 N–H and O–H groups in total. The molecule has 7 heteroatoms. The number of piperidine rings is 1. The molecule has 6 nitrogen and oxygen atoms in total. The molecule has 0 aromatic heterocycles. The van der Waals surface area contributed by atoms with E-state index < -0.39 is 10.0 Å². The van der Waals surface area contributed by atoms with E-state index in [1.165, 1.54) is 13.2 Å². The Morgan fingerprint density at radius 2 is 2.08 bits per heavy atom. The van der Waals surface area contributed by atoms with Crippen molar-refractivity contribution >= 4 is 15.9 Å². The van der Waals surface area contributed by atoms with Crippen molar-refractivity contribution in [1.29, 1.82) is 0 Å². The van der Waals surface area contributed by atoms with E-state index in [1.807, 2.05) is 4.90 Å². The maximum Gasteiger partial charge on any atom is 0.254 e. The third kappa shape index (κ3) is 4.52. The highest BCUT2D eigenvalue weighted by Gasteiger charge is 2.28. The molecule has 0 spiro atoms. The number of nitrogens with zero attached hydrogens (tertiary/aromatic N) is 1. The van der Waals surface area contributed by atoms with Crippen molar-refractivity contribution in [2.45, 2.75) is 63.4 Å². The van der Waals surface area contributed by atoms with Gasteiger partial charge in [0, 0.05) is 24.2 Å². The fraction of sp³-hybridized carbons (Fsp3) is 0.611. The molecule has 140 valence electrons. The number of methoxy groups -OCH3 is 1. The van der Waals surface area contributed by atoms with Crippen molar-refractivity contribution in [1.82, 2.24) is 9.62 Å². The SMILES string of the molecule is CCC1CCCCN1C(=O)c1ccc(OC)c(S(=O)(=O)NC(C)C)c1.